The lowest BCUT2D eigenvalue weighted by molar-refractivity contribution is -0.115. The van der Waals surface area contributed by atoms with Crippen molar-refractivity contribution in [3.63, 3.8) is 0 Å². The lowest BCUT2D eigenvalue weighted by Gasteiger charge is -2.12. The zero-order chi connectivity index (χ0) is 20.3. The number of hydrogen-bond acceptors (Lipinski definition) is 6. The van der Waals surface area contributed by atoms with E-state index in [4.69, 9.17) is 10.6 Å². The van der Waals surface area contributed by atoms with Crippen LogP contribution in [0.4, 0.5) is 14.5 Å². The molecule has 0 spiro atoms. The summed E-state index contributed by atoms with van der Waals surface area (Å²) < 4.78 is 33.0. The topological polar surface area (TPSA) is 95.1 Å². The van der Waals surface area contributed by atoms with Gasteiger partial charge < -0.3 is 15.9 Å². The van der Waals surface area contributed by atoms with Crippen LogP contribution in [0.3, 0.4) is 0 Å². The van der Waals surface area contributed by atoms with E-state index in [1.807, 2.05) is 0 Å². The second-order valence-corrected chi connectivity index (χ2v) is 7.09. The zero-order valence-corrected chi connectivity index (χ0v) is 15.8. The third kappa shape index (κ3) is 4.22. The molecule has 146 valence electrons. The van der Waals surface area contributed by atoms with E-state index in [9.17, 15) is 13.6 Å². The molecule has 3 N–H and O–H groups in total. The number of nitrogens with two attached hydrogens (primary N) is 1. The predicted octanol–water partition coefficient (Wildman–Crippen LogP) is 3.07. The molecule has 0 fully saturated rings. The number of ether oxygens (including phenoxy) is 1. The first-order valence-corrected chi connectivity index (χ1v) is 9.04. The van der Waals surface area contributed by atoms with Gasteiger partial charge in [0.2, 0.25) is 11.1 Å². The molecule has 0 aliphatic heterocycles. The van der Waals surface area contributed by atoms with Gasteiger partial charge in [-0.05, 0) is 43.3 Å². The molecule has 0 unspecified atom stereocenters. The van der Waals surface area contributed by atoms with Crippen LogP contribution in [-0.2, 0) is 4.79 Å². The minimum absolute atomic E-state index is 0.105. The Kier molecular flexibility index (Phi) is 5.78. The van der Waals surface area contributed by atoms with Crippen molar-refractivity contribution in [2.75, 3.05) is 18.3 Å². The number of halogens is 2. The fourth-order valence-corrected chi connectivity index (χ4v) is 3.10. The smallest absolute Gasteiger partial charge is 0.237 e. The molecular weight excluding hydrogens is 388 g/mol. The van der Waals surface area contributed by atoms with E-state index < -0.39 is 22.8 Å². The molecule has 0 aliphatic carbocycles. The first-order chi connectivity index (χ1) is 13.4. The third-order valence-corrected chi connectivity index (χ3v) is 4.91. The highest BCUT2D eigenvalue weighted by Crippen LogP contribution is 2.26. The maximum absolute atomic E-state index is 13.7. The third-order valence-electron chi connectivity index (χ3n) is 3.85. The Morgan fingerprint density at radius 1 is 1.21 bits per heavy atom. The lowest BCUT2D eigenvalue weighted by atomic mass is 10.2. The summed E-state index contributed by atoms with van der Waals surface area (Å²) in [4.78, 5) is 12.3. The number of carbonyl (C=O) groups excluding carboxylic acids is 1. The summed E-state index contributed by atoms with van der Waals surface area (Å²) >= 11 is 1.06. The van der Waals surface area contributed by atoms with Crippen LogP contribution in [0.1, 0.15) is 6.92 Å². The highest BCUT2D eigenvalue weighted by Gasteiger charge is 2.21. The van der Waals surface area contributed by atoms with E-state index >= 15 is 0 Å². The number of nitrogens with one attached hydrogen (secondary N) is 1. The summed E-state index contributed by atoms with van der Waals surface area (Å²) in [6.07, 6.45) is 0. The summed E-state index contributed by atoms with van der Waals surface area (Å²) in [6, 6.07) is 10.0. The molecule has 0 saturated heterocycles. The Labute approximate surface area is 163 Å². The standard InChI is InChI=1S/C18H17F2N5O2S/c1-10(17(26)22-15-8-5-12(19)9-14(15)20)28-18-24-23-16(25(18)21)11-3-6-13(27-2)7-4-11/h3-10H,21H2,1-2H3,(H,22,26)/t10-/m1/s1. The van der Waals surface area contributed by atoms with Crippen molar-refractivity contribution in [1.29, 1.82) is 0 Å². The Hall–Kier alpha value is -3.14. The van der Waals surface area contributed by atoms with Crippen LogP contribution in [0.25, 0.3) is 11.4 Å². The Bertz CT molecular complexity index is 994. The number of methoxy groups -OCH3 is 1. The number of amides is 1. The number of benzene rings is 2. The maximum atomic E-state index is 13.7. The van der Waals surface area contributed by atoms with Crippen LogP contribution in [0.15, 0.2) is 47.6 Å². The van der Waals surface area contributed by atoms with Gasteiger partial charge in [0.1, 0.15) is 17.4 Å². The van der Waals surface area contributed by atoms with Gasteiger partial charge in [0.05, 0.1) is 18.0 Å². The first kappa shape index (κ1) is 19.6. The minimum atomic E-state index is -0.852. The number of rotatable bonds is 6. The van der Waals surface area contributed by atoms with Gasteiger partial charge in [-0.25, -0.2) is 13.5 Å². The highest BCUT2D eigenvalue weighted by atomic mass is 32.2. The number of aromatic nitrogens is 3. The van der Waals surface area contributed by atoms with Crippen LogP contribution in [0.2, 0.25) is 0 Å². The highest BCUT2D eigenvalue weighted by molar-refractivity contribution is 8.00. The molecular formula is C18H17F2N5O2S. The Morgan fingerprint density at radius 2 is 1.93 bits per heavy atom. The number of carbonyl (C=O) groups is 1. The number of nitrogens with zero attached hydrogens (tertiary/aromatic N) is 3. The number of anilines is 1. The number of hydrogen-bond donors (Lipinski definition) is 2. The van der Waals surface area contributed by atoms with E-state index in [0.29, 0.717) is 22.8 Å². The van der Waals surface area contributed by atoms with E-state index in [1.54, 1.807) is 38.3 Å². The quantitative estimate of drug-likeness (QED) is 0.483. The molecule has 0 radical (unpaired) electrons. The SMILES string of the molecule is COc1ccc(-c2nnc(S[C@H](C)C(=O)Nc3ccc(F)cc3F)n2N)cc1. The predicted molar refractivity (Wildman–Crippen MR) is 102 cm³/mol. The van der Waals surface area contributed by atoms with Crippen LogP contribution in [-0.4, -0.2) is 33.1 Å². The van der Waals surface area contributed by atoms with Gasteiger partial charge in [-0.3, -0.25) is 4.79 Å². The molecule has 1 atom stereocenters. The molecule has 2 aromatic carbocycles. The van der Waals surface area contributed by atoms with E-state index in [-0.39, 0.29) is 5.69 Å². The van der Waals surface area contributed by atoms with Crippen LogP contribution < -0.4 is 15.9 Å². The van der Waals surface area contributed by atoms with Crippen LogP contribution in [0, 0.1) is 11.6 Å². The minimum Gasteiger partial charge on any atom is -0.497 e. The summed E-state index contributed by atoms with van der Waals surface area (Å²) in [5.41, 5.74) is 0.625. The van der Waals surface area contributed by atoms with Gasteiger partial charge in [0, 0.05) is 11.6 Å². The van der Waals surface area contributed by atoms with Crippen molar-refractivity contribution < 1.29 is 18.3 Å². The van der Waals surface area contributed by atoms with Crippen molar-refractivity contribution in [3.05, 3.63) is 54.1 Å². The van der Waals surface area contributed by atoms with Crippen LogP contribution >= 0.6 is 11.8 Å². The maximum Gasteiger partial charge on any atom is 0.237 e. The van der Waals surface area contributed by atoms with E-state index in [2.05, 4.69) is 15.5 Å². The average molecular weight is 405 g/mol. The van der Waals surface area contributed by atoms with E-state index in [1.165, 1.54) is 4.68 Å². The summed E-state index contributed by atoms with van der Waals surface area (Å²) in [6.45, 7) is 1.61. The molecule has 10 heteroatoms. The number of nitrogen functional groups attached to an aromatic ring is 1. The molecule has 0 bridgehead atoms. The van der Waals surface area contributed by atoms with Crippen molar-refractivity contribution in [2.24, 2.45) is 0 Å². The lowest BCUT2D eigenvalue weighted by Crippen LogP contribution is -2.24. The number of thioether (sulfide) groups is 1. The van der Waals surface area contributed by atoms with Gasteiger partial charge in [0.25, 0.3) is 0 Å². The van der Waals surface area contributed by atoms with Crippen molar-refractivity contribution >= 4 is 23.4 Å². The van der Waals surface area contributed by atoms with Gasteiger partial charge in [-0.2, -0.15) is 0 Å². The molecule has 0 saturated carbocycles. The molecule has 1 heterocycles. The summed E-state index contributed by atoms with van der Waals surface area (Å²) in [5.74, 6) is 5.11. The molecule has 1 aromatic heterocycles. The normalized spacial score (nSPS) is 11.9. The fraction of sp³-hybridized carbons (Fsp3) is 0.167. The van der Waals surface area contributed by atoms with Crippen LogP contribution in [0.5, 0.6) is 5.75 Å². The van der Waals surface area contributed by atoms with E-state index in [0.717, 1.165) is 29.5 Å². The van der Waals surface area contributed by atoms with Crippen molar-refractivity contribution in [2.45, 2.75) is 17.3 Å². The first-order valence-electron chi connectivity index (χ1n) is 8.16. The van der Waals surface area contributed by atoms with Gasteiger partial charge in [-0.15, -0.1) is 10.2 Å². The monoisotopic (exact) mass is 405 g/mol. The van der Waals surface area contributed by atoms with Gasteiger partial charge in [0.15, 0.2) is 5.82 Å². The summed E-state index contributed by atoms with van der Waals surface area (Å²) in [7, 11) is 1.57. The second kappa shape index (κ2) is 8.26. The Balaban J connectivity index is 1.70. The molecule has 28 heavy (non-hydrogen) atoms. The molecule has 1 amide bonds. The molecule has 7 nitrogen and oxygen atoms in total. The molecule has 3 rings (SSSR count). The second-order valence-electron chi connectivity index (χ2n) is 5.78. The Morgan fingerprint density at radius 3 is 2.57 bits per heavy atom. The zero-order valence-electron chi connectivity index (χ0n) is 15.0. The van der Waals surface area contributed by atoms with Crippen molar-refractivity contribution in [1.82, 2.24) is 14.9 Å². The molecule has 3 aromatic rings. The summed E-state index contributed by atoms with van der Waals surface area (Å²) in [5, 5.41) is 10.1. The molecule has 0 aliphatic rings. The van der Waals surface area contributed by atoms with Crippen molar-refractivity contribution in [3.8, 4) is 17.1 Å². The fourth-order valence-electron chi connectivity index (χ4n) is 2.33. The van der Waals surface area contributed by atoms with Gasteiger partial charge in [-0.1, -0.05) is 11.8 Å². The average Bonchev–Trinajstić information content (AvgIpc) is 3.04. The largest absolute Gasteiger partial charge is 0.497 e. The van der Waals surface area contributed by atoms with Gasteiger partial charge >= 0.3 is 0 Å².